The van der Waals surface area contributed by atoms with Crippen LogP contribution in [-0.4, -0.2) is 76.4 Å². The molecule has 1 heterocycles. The highest BCUT2D eigenvalue weighted by Crippen LogP contribution is 2.44. The molecule has 2 rings (SSSR count). The van der Waals surface area contributed by atoms with Crippen molar-refractivity contribution in [1.29, 1.82) is 0 Å². The number of aliphatic hydroxyl groups excluding tert-OH is 1. The Kier molecular flexibility index (Phi) is 8.19. The summed E-state index contributed by atoms with van der Waals surface area (Å²) in [5, 5.41) is 21.4. The van der Waals surface area contributed by atoms with Gasteiger partial charge in [-0.3, -0.25) is 9.59 Å². The predicted octanol–water partition coefficient (Wildman–Crippen LogP) is 0.256. The van der Waals surface area contributed by atoms with Gasteiger partial charge in [0.05, 0.1) is 0 Å². The largest absolute Gasteiger partial charge is 0.479 e. The zero-order chi connectivity index (χ0) is 22.4. The lowest BCUT2D eigenvalue weighted by atomic mass is 10.1. The molecule has 10 heteroatoms. The van der Waals surface area contributed by atoms with E-state index in [1.165, 1.54) is 11.0 Å². The lowest BCUT2D eigenvalue weighted by Crippen LogP contribution is -2.54. The molecule has 29 heavy (non-hydrogen) atoms. The van der Waals surface area contributed by atoms with Crippen LogP contribution in [0.4, 0.5) is 4.79 Å². The van der Waals surface area contributed by atoms with E-state index in [4.69, 9.17) is 9.84 Å². The first-order valence-corrected chi connectivity index (χ1v) is 9.39. The van der Waals surface area contributed by atoms with Crippen molar-refractivity contribution in [3.8, 4) is 0 Å². The number of ether oxygens (including phenoxy) is 1. The molecule has 0 spiro atoms. The van der Waals surface area contributed by atoms with Crippen LogP contribution in [0, 0.1) is 5.92 Å². The van der Waals surface area contributed by atoms with Gasteiger partial charge in [-0.2, -0.15) is 0 Å². The number of rotatable bonds is 6. The zero-order valence-electron chi connectivity index (χ0n) is 17.4. The SMILES string of the molecule is C=CC1C[C@]1(NC(=O)C1CCCN1C(=O)CNC(=O)OC(C)(C)C)C(=O)O.CO. The number of hydrogen-bond acceptors (Lipinski definition) is 6. The Morgan fingerprint density at radius 3 is 2.38 bits per heavy atom. The van der Waals surface area contributed by atoms with E-state index in [1.807, 2.05) is 0 Å². The summed E-state index contributed by atoms with van der Waals surface area (Å²) in [4.78, 5) is 49.6. The normalized spacial score (nSPS) is 25.2. The van der Waals surface area contributed by atoms with Crippen molar-refractivity contribution < 1.29 is 34.1 Å². The lowest BCUT2D eigenvalue weighted by Gasteiger charge is -2.26. The summed E-state index contributed by atoms with van der Waals surface area (Å²) in [5.41, 5.74) is -2.01. The Bertz CT molecular complexity index is 659. The number of carboxylic acid groups (broad SMARTS) is 1. The molecule has 2 unspecified atom stereocenters. The van der Waals surface area contributed by atoms with Crippen LogP contribution >= 0.6 is 0 Å². The summed E-state index contributed by atoms with van der Waals surface area (Å²) in [6, 6.07) is -0.750. The number of nitrogens with one attached hydrogen (secondary N) is 2. The van der Waals surface area contributed by atoms with Crippen molar-refractivity contribution in [2.75, 3.05) is 20.2 Å². The average Bonchev–Trinajstić information content (AvgIpc) is 3.13. The lowest BCUT2D eigenvalue weighted by molar-refractivity contribution is -0.145. The highest BCUT2D eigenvalue weighted by Gasteiger charge is 2.61. The second-order valence-corrected chi connectivity index (χ2v) is 7.91. The van der Waals surface area contributed by atoms with Gasteiger partial charge in [-0.05, 0) is 40.0 Å². The van der Waals surface area contributed by atoms with Crippen LogP contribution in [0.25, 0.3) is 0 Å². The third kappa shape index (κ3) is 6.18. The van der Waals surface area contributed by atoms with Crippen molar-refractivity contribution in [3.63, 3.8) is 0 Å². The monoisotopic (exact) mass is 413 g/mol. The maximum atomic E-state index is 12.6. The van der Waals surface area contributed by atoms with Gasteiger partial charge in [-0.15, -0.1) is 6.58 Å². The maximum absolute atomic E-state index is 12.6. The molecule has 0 aromatic rings. The van der Waals surface area contributed by atoms with Crippen molar-refractivity contribution >= 4 is 23.9 Å². The Morgan fingerprint density at radius 1 is 1.28 bits per heavy atom. The van der Waals surface area contributed by atoms with Crippen molar-refractivity contribution in [2.24, 2.45) is 5.92 Å². The number of aliphatic carboxylic acids is 1. The van der Waals surface area contributed by atoms with E-state index in [0.717, 1.165) is 7.11 Å². The molecule has 0 aromatic carbocycles. The number of carboxylic acids is 1. The van der Waals surface area contributed by atoms with Crippen LogP contribution in [0.1, 0.15) is 40.0 Å². The summed E-state index contributed by atoms with van der Waals surface area (Å²) in [5.74, 6) is -2.34. The Balaban J connectivity index is 0.00000204. The number of aliphatic hydroxyl groups is 1. The molecule has 1 saturated carbocycles. The standard InChI is InChI=1S/C18H27N3O6.CH4O/c1-5-11-9-18(11,15(24)25)20-14(23)12-7-6-8-21(12)13(22)10-19-16(26)27-17(2,3)4;1-2/h5,11-12H,1,6-10H2,2-4H3,(H,19,26)(H,20,23)(H,24,25);2H,1H3/t11?,12?,18-;/m1./s1. The minimum atomic E-state index is -1.33. The Morgan fingerprint density at radius 2 is 1.90 bits per heavy atom. The fraction of sp³-hybridized carbons (Fsp3) is 0.684. The molecule has 2 fully saturated rings. The topological polar surface area (TPSA) is 145 Å². The van der Waals surface area contributed by atoms with E-state index < -0.39 is 41.1 Å². The fourth-order valence-electron chi connectivity index (χ4n) is 3.22. The minimum absolute atomic E-state index is 0.290. The molecule has 1 saturated heterocycles. The van der Waals surface area contributed by atoms with Crippen molar-refractivity contribution in [3.05, 3.63) is 12.7 Å². The van der Waals surface area contributed by atoms with Crippen LogP contribution in [-0.2, 0) is 19.1 Å². The first kappa shape index (κ1) is 24.4. The third-order valence-electron chi connectivity index (χ3n) is 4.69. The zero-order valence-corrected chi connectivity index (χ0v) is 17.4. The van der Waals surface area contributed by atoms with E-state index >= 15 is 0 Å². The molecular weight excluding hydrogens is 382 g/mol. The molecular formula is C19H31N3O7. The van der Waals surface area contributed by atoms with E-state index in [0.29, 0.717) is 25.8 Å². The highest BCUT2D eigenvalue weighted by molar-refractivity contribution is 5.95. The van der Waals surface area contributed by atoms with Crippen molar-refractivity contribution in [2.45, 2.75) is 57.2 Å². The molecule has 1 aliphatic carbocycles. The average molecular weight is 413 g/mol. The molecule has 10 nitrogen and oxygen atoms in total. The number of carbonyl (C=O) groups is 4. The van der Waals surface area contributed by atoms with Crippen LogP contribution in [0.3, 0.4) is 0 Å². The summed E-state index contributed by atoms with van der Waals surface area (Å²) in [6.07, 6.45) is 2.15. The molecule has 0 bridgehead atoms. The molecule has 0 radical (unpaired) electrons. The van der Waals surface area contributed by atoms with E-state index in [-0.39, 0.29) is 12.5 Å². The Hall–Kier alpha value is -2.62. The van der Waals surface area contributed by atoms with Crippen molar-refractivity contribution in [1.82, 2.24) is 15.5 Å². The number of nitrogens with zero attached hydrogens (tertiary/aromatic N) is 1. The summed E-state index contributed by atoms with van der Waals surface area (Å²) >= 11 is 0. The molecule has 1 aliphatic heterocycles. The molecule has 2 aliphatic rings. The summed E-state index contributed by atoms with van der Waals surface area (Å²) in [7, 11) is 1.00. The number of hydrogen-bond donors (Lipinski definition) is 4. The van der Waals surface area contributed by atoms with E-state index in [2.05, 4.69) is 17.2 Å². The summed E-state index contributed by atoms with van der Waals surface area (Å²) < 4.78 is 5.07. The molecule has 3 atom stereocenters. The summed E-state index contributed by atoms with van der Waals surface area (Å²) in [6.45, 7) is 8.79. The van der Waals surface area contributed by atoms with Gasteiger partial charge < -0.3 is 30.5 Å². The van der Waals surface area contributed by atoms with Gasteiger partial charge in [0, 0.05) is 19.6 Å². The fourth-order valence-corrected chi connectivity index (χ4v) is 3.22. The first-order valence-electron chi connectivity index (χ1n) is 9.39. The van der Waals surface area contributed by atoms with Gasteiger partial charge in [0.2, 0.25) is 11.8 Å². The molecule has 0 aromatic heterocycles. The molecule has 3 amide bonds. The second-order valence-electron chi connectivity index (χ2n) is 7.91. The van der Waals surface area contributed by atoms with Crippen LogP contribution in [0.2, 0.25) is 0 Å². The second kappa shape index (κ2) is 9.73. The first-order chi connectivity index (χ1) is 13.5. The number of alkyl carbamates (subject to hydrolysis) is 1. The van der Waals surface area contributed by atoms with Gasteiger partial charge in [0.25, 0.3) is 0 Å². The third-order valence-corrected chi connectivity index (χ3v) is 4.69. The van der Waals surface area contributed by atoms with E-state index in [9.17, 15) is 24.3 Å². The van der Waals surface area contributed by atoms with Gasteiger partial charge >= 0.3 is 12.1 Å². The number of amides is 3. The van der Waals surface area contributed by atoms with Crippen LogP contribution in [0.5, 0.6) is 0 Å². The van der Waals surface area contributed by atoms with Gasteiger partial charge in [-0.1, -0.05) is 6.08 Å². The van der Waals surface area contributed by atoms with Crippen LogP contribution < -0.4 is 10.6 Å². The predicted molar refractivity (Wildman–Crippen MR) is 104 cm³/mol. The van der Waals surface area contributed by atoms with Gasteiger partial charge in [0.15, 0.2) is 0 Å². The van der Waals surface area contributed by atoms with Gasteiger partial charge in [-0.25, -0.2) is 9.59 Å². The smallest absolute Gasteiger partial charge is 0.408 e. The number of likely N-dealkylation sites (tertiary alicyclic amines) is 1. The molecule has 164 valence electrons. The number of carbonyl (C=O) groups excluding carboxylic acids is 3. The maximum Gasteiger partial charge on any atom is 0.408 e. The van der Waals surface area contributed by atoms with E-state index in [1.54, 1.807) is 20.8 Å². The molecule has 4 N–H and O–H groups in total. The van der Waals surface area contributed by atoms with Crippen LogP contribution in [0.15, 0.2) is 12.7 Å². The Labute approximate surface area is 170 Å². The minimum Gasteiger partial charge on any atom is -0.479 e. The van der Waals surface area contributed by atoms with Gasteiger partial charge in [0.1, 0.15) is 23.7 Å². The quantitative estimate of drug-likeness (QED) is 0.457. The highest BCUT2D eigenvalue weighted by atomic mass is 16.6.